The second-order valence-corrected chi connectivity index (χ2v) is 6.48. The topological polar surface area (TPSA) is 81.1 Å². The van der Waals surface area contributed by atoms with Crippen LogP contribution in [0.25, 0.3) is 0 Å². The summed E-state index contributed by atoms with van der Waals surface area (Å²) in [5.74, 6) is 1.62. The summed E-state index contributed by atoms with van der Waals surface area (Å²) in [6.07, 6.45) is 0.879. The minimum Gasteiger partial charge on any atom is -0.497 e. The van der Waals surface area contributed by atoms with E-state index in [0.717, 1.165) is 16.9 Å². The summed E-state index contributed by atoms with van der Waals surface area (Å²) in [6.45, 7) is 5.50. The van der Waals surface area contributed by atoms with Gasteiger partial charge < -0.3 is 19.7 Å². The zero-order chi connectivity index (χ0) is 18.8. The van der Waals surface area contributed by atoms with E-state index in [1.54, 1.807) is 14.2 Å². The van der Waals surface area contributed by atoms with E-state index in [1.165, 1.54) is 0 Å². The lowest BCUT2D eigenvalue weighted by Gasteiger charge is -2.16. The van der Waals surface area contributed by atoms with Gasteiger partial charge in [0.05, 0.1) is 21.3 Å². The van der Waals surface area contributed by atoms with Gasteiger partial charge in [-0.25, -0.2) is 4.79 Å². The fourth-order valence-corrected chi connectivity index (χ4v) is 2.35. The van der Waals surface area contributed by atoms with E-state index in [1.807, 2.05) is 25.2 Å². The van der Waals surface area contributed by atoms with Gasteiger partial charge in [-0.05, 0) is 24.5 Å². The van der Waals surface area contributed by atoms with Crippen LogP contribution < -0.4 is 25.0 Å². The van der Waals surface area contributed by atoms with Gasteiger partial charge in [0.25, 0.3) is 5.91 Å². The largest absolute Gasteiger partial charge is 0.497 e. The van der Waals surface area contributed by atoms with Crippen molar-refractivity contribution in [3.63, 3.8) is 0 Å². The third-order valence-corrected chi connectivity index (χ3v) is 3.71. The number of benzene rings is 1. The van der Waals surface area contributed by atoms with Gasteiger partial charge in [0.1, 0.15) is 18.0 Å². The van der Waals surface area contributed by atoms with E-state index in [-0.39, 0.29) is 12.5 Å². The number of ether oxygens (including phenoxy) is 2. The number of nitrogens with one attached hydrogen (secondary N) is 3. The SMILES string of the molecule is COc1ccc(C[NH+](C)CC(=O)NC(=O)NCCC(C)C)c(OC)c1. The molecule has 0 saturated carbocycles. The molecule has 0 bridgehead atoms. The first-order chi connectivity index (χ1) is 11.8. The molecule has 1 aromatic rings. The highest BCUT2D eigenvalue weighted by atomic mass is 16.5. The third kappa shape index (κ3) is 7.89. The van der Waals surface area contributed by atoms with Crippen LogP contribution in [-0.2, 0) is 11.3 Å². The van der Waals surface area contributed by atoms with Gasteiger partial charge in [0.2, 0.25) is 0 Å². The highest BCUT2D eigenvalue weighted by Crippen LogP contribution is 2.23. The van der Waals surface area contributed by atoms with E-state index < -0.39 is 6.03 Å². The Balaban J connectivity index is 2.46. The molecule has 0 aliphatic carbocycles. The molecular formula is C18H30N3O4+. The second-order valence-electron chi connectivity index (χ2n) is 6.48. The van der Waals surface area contributed by atoms with Crippen LogP contribution in [-0.4, -0.2) is 46.3 Å². The zero-order valence-electron chi connectivity index (χ0n) is 15.8. The molecule has 1 rings (SSSR count). The Morgan fingerprint density at radius 1 is 1.20 bits per heavy atom. The van der Waals surface area contributed by atoms with Gasteiger partial charge >= 0.3 is 6.03 Å². The molecule has 0 aliphatic heterocycles. The summed E-state index contributed by atoms with van der Waals surface area (Å²) in [5.41, 5.74) is 0.968. The maximum absolute atomic E-state index is 12.0. The maximum Gasteiger partial charge on any atom is 0.321 e. The smallest absolute Gasteiger partial charge is 0.321 e. The van der Waals surface area contributed by atoms with E-state index in [4.69, 9.17) is 9.47 Å². The van der Waals surface area contributed by atoms with E-state index >= 15 is 0 Å². The van der Waals surface area contributed by atoms with E-state index in [0.29, 0.717) is 30.5 Å². The minimum atomic E-state index is -0.444. The Hall–Kier alpha value is -2.28. The Morgan fingerprint density at radius 3 is 2.52 bits per heavy atom. The number of likely N-dealkylation sites (N-methyl/N-ethyl adjacent to an activating group) is 1. The number of carbonyl (C=O) groups is 2. The molecule has 3 amide bonds. The van der Waals surface area contributed by atoms with Gasteiger partial charge in [0.15, 0.2) is 6.54 Å². The molecule has 0 radical (unpaired) electrons. The predicted molar refractivity (Wildman–Crippen MR) is 96.0 cm³/mol. The third-order valence-electron chi connectivity index (χ3n) is 3.71. The lowest BCUT2D eigenvalue weighted by molar-refractivity contribution is -0.885. The van der Waals surface area contributed by atoms with Crippen LogP contribution in [0.2, 0.25) is 0 Å². The second kappa shape index (κ2) is 10.6. The minimum absolute atomic E-state index is 0.187. The molecule has 0 heterocycles. The summed E-state index contributed by atoms with van der Waals surface area (Å²) in [5, 5.41) is 5.04. The molecule has 25 heavy (non-hydrogen) atoms. The van der Waals surface area contributed by atoms with Crippen LogP contribution in [0.15, 0.2) is 18.2 Å². The fourth-order valence-electron chi connectivity index (χ4n) is 2.35. The molecule has 0 aliphatic rings. The Morgan fingerprint density at radius 2 is 1.92 bits per heavy atom. The molecule has 0 fully saturated rings. The molecule has 140 valence electrons. The van der Waals surface area contributed by atoms with Gasteiger partial charge in [0, 0.05) is 18.2 Å². The van der Waals surface area contributed by atoms with Crippen molar-refractivity contribution in [3.8, 4) is 11.5 Å². The lowest BCUT2D eigenvalue weighted by Crippen LogP contribution is -3.09. The Bertz CT molecular complexity index is 575. The van der Waals surface area contributed by atoms with Gasteiger partial charge in [-0.1, -0.05) is 13.8 Å². The van der Waals surface area contributed by atoms with Crippen LogP contribution in [0, 0.1) is 5.92 Å². The predicted octanol–water partition coefficient (Wildman–Crippen LogP) is 0.590. The van der Waals surface area contributed by atoms with Crippen molar-refractivity contribution >= 4 is 11.9 Å². The molecule has 3 N–H and O–H groups in total. The number of hydrogen-bond donors (Lipinski definition) is 3. The average Bonchev–Trinajstić information content (AvgIpc) is 2.54. The highest BCUT2D eigenvalue weighted by Gasteiger charge is 2.15. The molecule has 0 spiro atoms. The number of hydrogen-bond acceptors (Lipinski definition) is 4. The first-order valence-electron chi connectivity index (χ1n) is 8.45. The molecule has 7 heteroatoms. The molecular weight excluding hydrogens is 322 g/mol. The first-order valence-corrected chi connectivity index (χ1v) is 8.45. The zero-order valence-corrected chi connectivity index (χ0v) is 15.8. The number of rotatable bonds is 9. The summed E-state index contributed by atoms with van der Waals surface area (Å²) in [6, 6.07) is 5.14. The van der Waals surface area contributed by atoms with Gasteiger partial charge in [-0.2, -0.15) is 0 Å². The van der Waals surface area contributed by atoms with Crippen molar-refractivity contribution in [2.75, 3.05) is 34.4 Å². The average molecular weight is 352 g/mol. The van der Waals surface area contributed by atoms with Gasteiger partial charge in [-0.15, -0.1) is 0 Å². The van der Waals surface area contributed by atoms with Crippen molar-refractivity contribution in [2.45, 2.75) is 26.8 Å². The molecule has 1 unspecified atom stereocenters. The number of amides is 3. The summed E-state index contributed by atoms with van der Waals surface area (Å²) in [7, 11) is 5.09. The number of carbonyl (C=O) groups excluding carboxylic acids is 2. The first kappa shape index (κ1) is 20.8. The van der Waals surface area contributed by atoms with Gasteiger partial charge in [-0.3, -0.25) is 10.1 Å². The highest BCUT2D eigenvalue weighted by molar-refractivity contribution is 5.94. The summed E-state index contributed by atoms with van der Waals surface area (Å²) >= 11 is 0. The Kier molecular flexibility index (Phi) is 8.77. The molecule has 0 aromatic heterocycles. The van der Waals surface area contributed by atoms with E-state index in [9.17, 15) is 9.59 Å². The number of methoxy groups -OCH3 is 2. The number of quaternary nitrogens is 1. The Labute approximate surface area is 149 Å². The van der Waals surface area contributed by atoms with Crippen molar-refractivity contribution in [1.82, 2.24) is 10.6 Å². The quantitative estimate of drug-likeness (QED) is 0.608. The number of imide groups is 1. The summed E-state index contributed by atoms with van der Waals surface area (Å²) < 4.78 is 10.5. The van der Waals surface area contributed by atoms with Crippen molar-refractivity contribution < 1.29 is 24.0 Å². The molecule has 7 nitrogen and oxygen atoms in total. The van der Waals surface area contributed by atoms with E-state index in [2.05, 4.69) is 24.5 Å². The standard InChI is InChI=1S/C18H29N3O4/c1-13(2)8-9-19-18(23)20-17(22)12-21(3)11-14-6-7-15(24-4)10-16(14)25-5/h6-7,10,13H,8-9,11-12H2,1-5H3,(H2,19,20,22,23)/p+1. The van der Waals surface area contributed by atoms with Crippen molar-refractivity contribution in [2.24, 2.45) is 5.92 Å². The van der Waals surface area contributed by atoms with Crippen molar-refractivity contribution in [3.05, 3.63) is 23.8 Å². The van der Waals surface area contributed by atoms with Crippen molar-refractivity contribution in [1.29, 1.82) is 0 Å². The molecule has 1 aromatic carbocycles. The summed E-state index contributed by atoms with van der Waals surface area (Å²) in [4.78, 5) is 24.6. The van der Waals surface area contributed by atoms with Crippen LogP contribution in [0.3, 0.4) is 0 Å². The number of urea groups is 1. The van der Waals surface area contributed by atoms with Crippen LogP contribution in [0.1, 0.15) is 25.8 Å². The van der Waals surface area contributed by atoms with Crippen LogP contribution >= 0.6 is 0 Å². The lowest BCUT2D eigenvalue weighted by atomic mass is 10.1. The van der Waals surface area contributed by atoms with Crippen LogP contribution in [0.5, 0.6) is 11.5 Å². The monoisotopic (exact) mass is 352 g/mol. The maximum atomic E-state index is 12.0. The molecule has 1 atom stereocenters. The normalized spacial score (nSPS) is 11.8. The molecule has 0 saturated heterocycles. The fraction of sp³-hybridized carbons (Fsp3) is 0.556. The van der Waals surface area contributed by atoms with Crippen LogP contribution in [0.4, 0.5) is 4.79 Å².